The zero-order chi connectivity index (χ0) is 28.8. The van der Waals surface area contributed by atoms with Crippen LogP contribution in [0.3, 0.4) is 0 Å². The lowest BCUT2D eigenvalue weighted by Crippen LogP contribution is -1.93. The molecule has 0 fully saturated rings. The van der Waals surface area contributed by atoms with Gasteiger partial charge in [-0.3, -0.25) is 0 Å². The Morgan fingerprint density at radius 2 is 0.743 bits per heavy atom. The zero-order valence-corrected chi connectivity index (χ0v) is 28.5. The molecule has 0 saturated heterocycles. The third kappa shape index (κ3) is 87.1. The van der Waals surface area contributed by atoms with Crippen LogP contribution in [0.5, 0.6) is 0 Å². The summed E-state index contributed by atoms with van der Waals surface area (Å²) < 4.78 is 4.85. The maximum Gasteiger partial charge on any atom is 0.0464 e. The van der Waals surface area contributed by atoms with Gasteiger partial charge >= 0.3 is 0 Å². The van der Waals surface area contributed by atoms with E-state index in [2.05, 4.69) is 111 Å². The molecule has 0 aromatic rings. The van der Waals surface area contributed by atoms with E-state index in [1.807, 2.05) is 0 Å². The summed E-state index contributed by atoms with van der Waals surface area (Å²) in [7, 11) is 1.74. The summed E-state index contributed by atoms with van der Waals surface area (Å²) >= 11 is 0. The Morgan fingerprint density at radius 3 is 0.829 bits per heavy atom. The Kier molecular flexibility index (Phi) is 46.4. The van der Waals surface area contributed by atoms with Crippen LogP contribution < -0.4 is 0 Å². The minimum atomic E-state index is 0.778. The molecule has 0 bridgehead atoms. The van der Waals surface area contributed by atoms with Gasteiger partial charge in [-0.15, -0.1) is 0 Å². The molecule has 0 spiro atoms. The van der Waals surface area contributed by atoms with Crippen LogP contribution in [0.15, 0.2) is 0 Å². The molecule has 0 unspecified atom stereocenters. The molecule has 0 N–H and O–H groups in total. The molecule has 0 saturated carbocycles. The fraction of sp³-hybridized carbons (Fsp3) is 1.00. The third-order valence-corrected chi connectivity index (χ3v) is 5.16. The van der Waals surface area contributed by atoms with Crippen molar-refractivity contribution >= 4 is 0 Å². The Morgan fingerprint density at radius 1 is 0.400 bits per heavy atom. The number of unbranched alkanes of at least 4 members (excludes halogenated alkanes) is 1. The van der Waals surface area contributed by atoms with Gasteiger partial charge < -0.3 is 4.74 Å². The molecule has 0 rings (SSSR count). The first-order valence-corrected chi connectivity index (χ1v) is 15.6. The summed E-state index contributed by atoms with van der Waals surface area (Å²) in [4.78, 5) is 0. The van der Waals surface area contributed by atoms with Crippen LogP contribution in [0.1, 0.15) is 169 Å². The van der Waals surface area contributed by atoms with Gasteiger partial charge in [0.15, 0.2) is 0 Å². The maximum atomic E-state index is 4.85. The molecule has 0 radical (unpaired) electrons. The molecule has 0 aliphatic carbocycles. The van der Waals surface area contributed by atoms with Crippen molar-refractivity contribution in [2.24, 2.45) is 41.4 Å². The minimum Gasteiger partial charge on any atom is -0.385 e. The molecule has 0 aromatic carbocycles. The fourth-order valence-corrected chi connectivity index (χ4v) is 3.15. The van der Waals surface area contributed by atoms with Crippen LogP contribution in [0, 0.1) is 41.4 Å². The summed E-state index contributed by atoms with van der Waals surface area (Å²) in [6.07, 6.45) is 12.2. The van der Waals surface area contributed by atoms with E-state index in [4.69, 9.17) is 4.74 Å². The van der Waals surface area contributed by atoms with E-state index in [-0.39, 0.29) is 0 Å². The third-order valence-electron chi connectivity index (χ3n) is 5.16. The van der Waals surface area contributed by atoms with Crippen molar-refractivity contribution < 1.29 is 4.74 Å². The van der Waals surface area contributed by atoms with Crippen molar-refractivity contribution in [1.82, 2.24) is 0 Å². The van der Waals surface area contributed by atoms with Crippen molar-refractivity contribution in [3.63, 3.8) is 0 Å². The van der Waals surface area contributed by atoms with Crippen LogP contribution in [0.25, 0.3) is 0 Å². The number of hydrogen-bond acceptors (Lipinski definition) is 1. The molecule has 0 aromatic heterocycles. The first-order chi connectivity index (χ1) is 16.1. The minimum absolute atomic E-state index is 0.778. The lowest BCUT2D eigenvalue weighted by atomic mass is 10.0. The van der Waals surface area contributed by atoms with Gasteiger partial charge in [0.1, 0.15) is 0 Å². The molecule has 1 nitrogen and oxygen atoms in total. The van der Waals surface area contributed by atoms with Gasteiger partial charge in [0.25, 0.3) is 0 Å². The molecule has 0 amide bonds. The number of ether oxygens (including phenoxy) is 1. The first-order valence-electron chi connectivity index (χ1n) is 15.6. The topological polar surface area (TPSA) is 9.23 Å². The van der Waals surface area contributed by atoms with Gasteiger partial charge in [0, 0.05) is 13.7 Å². The summed E-state index contributed by atoms with van der Waals surface area (Å²) in [5, 5.41) is 0. The second-order valence-corrected chi connectivity index (χ2v) is 13.3. The lowest BCUT2D eigenvalue weighted by molar-refractivity contribution is 0.183. The Hall–Kier alpha value is -0.0400. The van der Waals surface area contributed by atoms with E-state index < -0.39 is 0 Å². The van der Waals surface area contributed by atoms with E-state index in [1.54, 1.807) is 7.11 Å². The van der Waals surface area contributed by atoms with E-state index in [0.717, 1.165) is 48.0 Å². The highest BCUT2D eigenvalue weighted by molar-refractivity contribution is 4.49. The summed E-state index contributed by atoms with van der Waals surface area (Å²) in [6, 6.07) is 0. The van der Waals surface area contributed by atoms with E-state index in [9.17, 15) is 0 Å². The molecular formula is C34H78O. The lowest BCUT2D eigenvalue weighted by Gasteiger charge is -2.05. The first kappa shape index (κ1) is 44.9. The highest BCUT2D eigenvalue weighted by Crippen LogP contribution is 2.10. The van der Waals surface area contributed by atoms with Crippen molar-refractivity contribution in [2.45, 2.75) is 169 Å². The molecule has 0 heterocycles. The van der Waals surface area contributed by atoms with E-state index in [0.29, 0.717) is 0 Å². The normalized spacial score (nSPS) is 10.6. The van der Waals surface area contributed by atoms with Crippen molar-refractivity contribution in [1.29, 1.82) is 0 Å². The van der Waals surface area contributed by atoms with Crippen LogP contribution in [0.2, 0.25) is 0 Å². The predicted molar refractivity (Wildman–Crippen MR) is 169 cm³/mol. The Labute approximate surface area is 228 Å². The van der Waals surface area contributed by atoms with Crippen molar-refractivity contribution in [3.8, 4) is 0 Å². The van der Waals surface area contributed by atoms with Gasteiger partial charge in [0.05, 0.1) is 0 Å². The highest BCUT2D eigenvalue weighted by atomic mass is 16.5. The molecule has 220 valence electrons. The summed E-state index contributed by atoms with van der Waals surface area (Å²) in [5.74, 6) is 6.10. The molecule has 35 heavy (non-hydrogen) atoms. The molecular weight excluding hydrogens is 424 g/mol. The van der Waals surface area contributed by atoms with Gasteiger partial charge in [-0.2, -0.15) is 0 Å². The maximum absolute atomic E-state index is 4.85. The smallest absolute Gasteiger partial charge is 0.0464 e. The van der Waals surface area contributed by atoms with Crippen LogP contribution >= 0.6 is 0 Å². The monoisotopic (exact) mass is 503 g/mol. The van der Waals surface area contributed by atoms with Crippen LogP contribution in [0.4, 0.5) is 0 Å². The average Bonchev–Trinajstić information content (AvgIpc) is 2.70. The van der Waals surface area contributed by atoms with E-state index in [1.165, 1.54) is 57.8 Å². The predicted octanol–water partition coefficient (Wildman–Crippen LogP) is 12.7. The van der Waals surface area contributed by atoms with Crippen molar-refractivity contribution in [2.75, 3.05) is 13.7 Å². The molecule has 1 heteroatoms. The summed E-state index contributed by atoms with van der Waals surface area (Å²) in [6.45, 7) is 37.0. The number of methoxy groups -OCH3 is 1. The Bertz CT molecular complexity index is 287. The van der Waals surface area contributed by atoms with Crippen LogP contribution in [-0.4, -0.2) is 13.7 Å². The second-order valence-electron chi connectivity index (χ2n) is 13.3. The second kappa shape index (κ2) is 36.1. The van der Waals surface area contributed by atoms with Gasteiger partial charge in [0.2, 0.25) is 0 Å². The standard InChI is InChI=1S/C8H18.2C7H16.C6H14O.C6H14/c1-7(2)5-6-8(3)4;1-6(2)5-7(3)4;1-4-5-6-7(2)3;1-6(2)4-5-7-3;1-4-5-6(2)3/h7-8H,5-6H2,1-4H3;6-7H,5H2,1-4H3;7H,4-6H2,1-3H3;6H,4-5H2,1-3H3;6H,4-5H2,1-3H3. The Balaban J connectivity index is -0.000000107. The molecule has 0 atom stereocenters. The quantitative estimate of drug-likeness (QED) is 0.243. The van der Waals surface area contributed by atoms with Crippen LogP contribution in [-0.2, 0) is 4.74 Å². The average molecular weight is 503 g/mol. The SMILES string of the molecule is CC(C)CC(C)C.CC(C)CCC(C)C.CCCC(C)C.CCCCC(C)C.COCCC(C)C. The zero-order valence-electron chi connectivity index (χ0n) is 28.5. The molecule has 0 aliphatic rings. The van der Waals surface area contributed by atoms with Gasteiger partial charge in [-0.05, 0) is 54.3 Å². The highest BCUT2D eigenvalue weighted by Gasteiger charge is 1.96. The largest absolute Gasteiger partial charge is 0.385 e. The molecule has 0 aliphatic heterocycles. The number of rotatable bonds is 13. The van der Waals surface area contributed by atoms with Crippen molar-refractivity contribution in [3.05, 3.63) is 0 Å². The van der Waals surface area contributed by atoms with Gasteiger partial charge in [-0.25, -0.2) is 0 Å². The van der Waals surface area contributed by atoms with Gasteiger partial charge in [-0.1, -0.05) is 156 Å². The number of hydrogen-bond donors (Lipinski definition) is 0. The fourth-order valence-electron chi connectivity index (χ4n) is 3.15. The van der Waals surface area contributed by atoms with E-state index >= 15 is 0 Å². The summed E-state index contributed by atoms with van der Waals surface area (Å²) in [5.41, 5.74) is 0.